The van der Waals surface area contributed by atoms with E-state index < -0.39 is 28.5 Å². The molecular weight excluding hydrogens is 538 g/mol. The number of carbonyl (C=O) groups is 2. The van der Waals surface area contributed by atoms with Gasteiger partial charge in [-0.1, -0.05) is 55.5 Å². The van der Waals surface area contributed by atoms with Gasteiger partial charge >= 0.3 is 0 Å². The van der Waals surface area contributed by atoms with E-state index in [4.69, 9.17) is 4.74 Å². The van der Waals surface area contributed by atoms with Crippen LogP contribution in [0.5, 0.6) is 5.75 Å². The Hall–Kier alpha value is -3.85. The zero-order valence-corrected chi connectivity index (χ0v) is 25.6. The summed E-state index contributed by atoms with van der Waals surface area (Å²) in [6.45, 7) is 7.36. The first kappa shape index (κ1) is 31.7. The molecule has 0 aliphatic rings. The van der Waals surface area contributed by atoms with Crippen LogP contribution in [0.1, 0.15) is 42.5 Å². The number of nitrogens with one attached hydrogen (secondary N) is 1. The number of rotatable bonds is 13. The molecule has 0 unspecified atom stereocenters. The van der Waals surface area contributed by atoms with Crippen molar-refractivity contribution >= 4 is 27.5 Å². The summed E-state index contributed by atoms with van der Waals surface area (Å²) < 4.78 is 32.4. The number of methoxy groups -OCH3 is 1. The van der Waals surface area contributed by atoms with Crippen LogP contribution >= 0.6 is 0 Å². The van der Waals surface area contributed by atoms with Crippen molar-refractivity contribution in [3.63, 3.8) is 0 Å². The maximum absolute atomic E-state index is 14.2. The molecule has 0 aromatic heterocycles. The molecule has 3 aromatic rings. The summed E-state index contributed by atoms with van der Waals surface area (Å²) in [5.74, 6) is -0.167. The molecule has 0 radical (unpaired) electrons. The van der Waals surface area contributed by atoms with Crippen LogP contribution in [0.2, 0.25) is 0 Å². The van der Waals surface area contributed by atoms with Gasteiger partial charge in [-0.15, -0.1) is 0 Å². The SMILES string of the molecule is CC[C@H](C)NC(=O)[C@H](Cc1ccccc1)N(Cc1cccc(OC)c1)C(=O)CN(c1ccc(C)c(C)c1)S(C)(=O)=O. The molecular formula is C32H41N3O5S. The van der Waals surface area contributed by atoms with E-state index in [1.807, 2.05) is 82.3 Å². The van der Waals surface area contributed by atoms with Gasteiger partial charge in [-0.2, -0.15) is 0 Å². The monoisotopic (exact) mass is 579 g/mol. The highest BCUT2D eigenvalue weighted by Gasteiger charge is 2.33. The summed E-state index contributed by atoms with van der Waals surface area (Å²) in [4.78, 5) is 29.4. The molecule has 3 aromatic carbocycles. The third-order valence-corrected chi connectivity index (χ3v) is 8.36. The first-order chi connectivity index (χ1) is 19.4. The number of ether oxygens (including phenoxy) is 1. The molecule has 9 heteroatoms. The van der Waals surface area contributed by atoms with E-state index in [-0.39, 0.29) is 24.9 Å². The van der Waals surface area contributed by atoms with Crippen LogP contribution < -0.4 is 14.4 Å². The molecule has 8 nitrogen and oxygen atoms in total. The molecule has 0 aliphatic carbocycles. The molecule has 220 valence electrons. The number of carbonyl (C=O) groups excluding carboxylic acids is 2. The van der Waals surface area contributed by atoms with E-state index in [0.29, 0.717) is 11.4 Å². The Balaban J connectivity index is 2.08. The number of hydrogen-bond acceptors (Lipinski definition) is 5. The maximum atomic E-state index is 14.2. The van der Waals surface area contributed by atoms with E-state index in [2.05, 4.69) is 5.32 Å². The number of amides is 2. The van der Waals surface area contributed by atoms with Crippen LogP contribution in [-0.2, 0) is 32.6 Å². The summed E-state index contributed by atoms with van der Waals surface area (Å²) in [5.41, 5.74) is 3.96. The molecule has 2 atom stereocenters. The van der Waals surface area contributed by atoms with Crippen molar-refractivity contribution in [3.8, 4) is 5.75 Å². The van der Waals surface area contributed by atoms with Gasteiger partial charge in [-0.05, 0) is 73.7 Å². The maximum Gasteiger partial charge on any atom is 0.244 e. The number of aryl methyl sites for hydroxylation is 2. The molecule has 0 saturated heterocycles. The number of hydrogen-bond donors (Lipinski definition) is 1. The van der Waals surface area contributed by atoms with Gasteiger partial charge in [-0.25, -0.2) is 8.42 Å². The Morgan fingerprint density at radius 3 is 2.22 bits per heavy atom. The van der Waals surface area contributed by atoms with Crippen LogP contribution in [0.3, 0.4) is 0 Å². The van der Waals surface area contributed by atoms with Gasteiger partial charge in [0, 0.05) is 19.0 Å². The first-order valence-electron chi connectivity index (χ1n) is 13.7. The largest absolute Gasteiger partial charge is 0.497 e. The van der Waals surface area contributed by atoms with Crippen LogP contribution in [0.4, 0.5) is 5.69 Å². The second-order valence-corrected chi connectivity index (χ2v) is 12.3. The quantitative estimate of drug-likeness (QED) is 0.319. The fraction of sp³-hybridized carbons (Fsp3) is 0.375. The van der Waals surface area contributed by atoms with Gasteiger partial charge in [-0.3, -0.25) is 13.9 Å². The molecule has 0 aliphatic heterocycles. The molecule has 0 bridgehead atoms. The first-order valence-corrected chi connectivity index (χ1v) is 15.6. The van der Waals surface area contributed by atoms with Crippen molar-refractivity contribution in [2.24, 2.45) is 0 Å². The molecule has 41 heavy (non-hydrogen) atoms. The lowest BCUT2D eigenvalue weighted by Gasteiger charge is -2.34. The Kier molecular flexibility index (Phi) is 10.9. The summed E-state index contributed by atoms with van der Waals surface area (Å²) in [7, 11) is -2.26. The van der Waals surface area contributed by atoms with Crippen LogP contribution in [0, 0.1) is 13.8 Å². The predicted octanol–water partition coefficient (Wildman–Crippen LogP) is 4.63. The summed E-state index contributed by atoms with van der Waals surface area (Å²) >= 11 is 0. The number of sulfonamides is 1. The molecule has 0 fully saturated rings. The standard InChI is InChI=1S/C32H41N3O5S/c1-7-25(4)33-32(37)30(20-26-12-9-8-10-13-26)34(21-27-14-11-15-29(19-27)40-5)31(36)22-35(41(6,38)39)28-17-16-23(2)24(3)18-28/h8-19,25,30H,7,20-22H2,1-6H3,(H,33,37)/t25-,30-/m0/s1. The van der Waals surface area contributed by atoms with Gasteiger partial charge in [0.15, 0.2) is 0 Å². The lowest BCUT2D eigenvalue weighted by molar-refractivity contribution is -0.140. The van der Waals surface area contributed by atoms with Gasteiger partial charge in [0.05, 0.1) is 19.1 Å². The molecule has 0 spiro atoms. The fourth-order valence-electron chi connectivity index (χ4n) is 4.46. The highest BCUT2D eigenvalue weighted by atomic mass is 32.2. The van der Waals surface area contributed by atoms with Crippen molar-refractivity contribution in [1.82, 2.24) is 10.2 Å². The minimum absolute atomic E-state index is 0.0893. The third kappa shape index (κ3) is 8.82. The number of benzene rings is 3. The minimum atomic E-state index is -3.82. The number of anilines is 1. The second-order valence-electron chi connectivity index (χ2n) is 10.4. The molecule has 2 amide bonds. The van der Waals surface area contributed by atoms with E-state index in [9.17, 15) is 18.0 Å². The Bertz CT molecular complexity index is 1440. The van der Waals surface area contributed by atoms with E-state index in [0.717, 1.165) is 39.2 Å². The van der Waals surface area contributed by atoms with Crippen LogP contribution in [0.25, 0.3) is 0 Å². The minimum Gasteiger partial charge on any atom is -0.497 e. The molecule has 0 heterocycles. The van der Waals surface area contributed by atoms with E-state index >= 15 is 0 Å². The van der Waals surface area contributed by atoms with Gasteiger partial charge in [0.25, 0.3) is 0 Å². The zero-order valence-electron chi connectivity index (χ0n) is 24.8. The van der Waals surface area contributed by atoms with Crippen molar-refractivity contribution in [1.29, 1.82) is 0 Å². The van der Waals surface area contributed by atoms with Crippen molar-refractivity contribution in [2.45, 2.75) is 59.2 Å². The summed E-state index contributed by atoms with van der Waals surface area (Å²) in [6.07, 6.45) is 2.07. The average molecular weight is 580 g/mol. The van der Waals surface area contributed by atoms with Gasteiger partial charge < -0.3 is 15.0 Å². The van der Waals surface area contributed by atoms with Crippen molar-refractivity contribution in [3.05, 3.63) is 95.1 Å². The Morgan fingerprint density at radius 1 is 0.927 bits per heavy atom. The highest BCUT2D eigenvalue weighted by molar-refractivity contribution is 7.92. The lowest BCUT2D eigenvalue weighted by Crippen LogP contribution is -2.54. The summed E-state index contributed by atoms with van der Waals surface area (Å²) in [5, 5.41) is 3.03. The molecule has 1 N–H and O–H groups in total. The molecule has 3 rings (SSSR count). The highest BCUT2D eigenvalue weighted by Crippen LogP contribution is 2.23. The Labute approximate surface area is 244 Å². The van der Waals surface area contributed by atoms with E-state index in [1.165, 1.54) is 4.90 Å². The smallest absolute Gasteiger partial charge is 0.244 e. The van der Waals surface area contributed by atoms with Gasteiger partial charge in [0.1, 0.15) is 18.3 Å². The van der Waals surface area contributed by atoms with Crippen LogP contribution in [-0.4, -0.2) is 57.1 Å². The molecule has 0 saturated carbocycles. The number of nitrogens with zero attached hydrogens (tertiary/aromatic N) is 2. The van der Waals surface area contributed by atoms with Crippen molar-refractivity contribution < 1.29 is 22.7 Å². The third-order valence-electron chi connectivity index (χ3n) is 7.22. The summed E-state index contributed by atoms with van der Waals surface area (Å²) in [6, 6.07) is 21.1. The van der Waals surface area contributed by atoms with Gasteiger partial charge in [0.2, 0.25) is 21.8 Å². The average Bonchev–Trinajstić information content (AvgIpc) is 2.94. The van der Waals surface area contributed by atoms with E-state index in [1.54, 1.807) is 25.3 Å². The lowest BCUT2D eigenvalue weighted by atomic mass is 10.0. The normalized spacial score (nSPS) is 12.7. The van der Waals surface area contributed by atoms with Crippen LogP contribution in [0.15, 0.2) is 72.8 Å². The van der Waals surface area contributed by atoms with Crippen molar-refractivity contribution in [2.75, 3.05) is 24.2 Å². The topological polar surface area (TPSA) is 96.0 Å². The predicted molar refractivity (Wildman–Crippen MR) is 163 cm³/mol. The zero-order chi connectivity index (χ0) is 30.2. The second kappa shape index (κ2) is 14.2. The Morgan fingerprint density at radius 2 is 1.61 bits per heavy atom. The fourth-order valence-corrected chi connectivity index (χ4v) is 5.30.